The lowest BCUT2D eigenvalue weighted by Gasteiger charge is -2.27. The quantitative estimate of drug-likeness (QED) is 0.626. The van der Waals surface area contributed by atoms with Crippen molar-refractivity contribution in [1.82, 2.24) is 10.2 Å². The van der Waals surface area contributed by atoms with Crippen molar-refractivity contribution in [3.8, 4) is 0 Å². The molecule has 0 aromatic carbocycles. The van der Waals surface area contributed by atoms with Gasteiger partial charge in [-0.1, -0.05) is 26.2 Å². The Labute approximate surface area is 130 Å². The lowest BCUT2D eigenvalue weighted by molar-refractivity contribution is 0.157. The van der Waals surface area contributed by atoms with Gasteiger partial charge in [0.1, 0.15) is 0 Å². The van der Waals surface area contributed by atoms with E-state index in [1.165, 1.54) is 38.5 Å². The second-order valence-corrected chi connectivity index (χ2v) is 6.96. The molecule has 1 aliphatic carbocycles. The van der Waals surface area contributed by atoms with E-state index in [0.717, 1.165) is 44.0 Å². The molecule has 4 heteroatoms. The Morgan fingerprint density at radius 2 is 2.14 bits per heavy atom. The third-order valence-electron chi connectivity index (χ3n) is 5.08. The molecule has 122 valence electrons. The zero-order valence-electron chi connectivity index (χ0n) is 14.1. The van der Waals surface area contributed by atoms with Crippen molar-refractivity contribution in [2.24, 2.45) is 22.7 Å². The van der Waals surface area contributed by atoms with Gasteiger partial charge < -0.3 is 15.0 Å². The van der Waals surface area contributed by atoms with E-state index in [1.54, 1.807) is 7.11 Å². The lowest BCUT2D eigenvalue weighted by Crippen LogP contribution is -2.41. The summed E-state index contributed by atoms with van der Waals surface area (Å²) in [6.07, 6.45) is 8.20. The largest absolute Gasteiger partial charge is 0.384 e. The number of rotatable bonds is 5. The van der Waals surface area contributed by atoms with Crippen LogP contribution in [0.1, 0.15) is 45.4 Å². The molecule has 0 aromatic rings. The predicted octanol–water partition coefficient (Wildman–Crippen LogP) is 2.75. The average molecular weight is 295 g/mol. The lowest BCUT2D eigenvalue weighted by atomic mass is 9.81. The fraction of sp³-hybridized carbons (Fsp3) is 0.941. The van der Waals surface area contributed by atoms with Gasteiger partial charge in [-0.15, -0.1) is 0 Å². The number of hydrogen-bond donors (Lipinski definition) is 1. The first-order chi connectivity index (χ1) is 10.2. The minimum absolute atomic E-state index is 0.660. The van der Waals surface area contributed by atoms with E-state index in [2.05, 4.69) is 22.1 Å². The summed E-state index contributed by atoms with van der Waals surface area (Å²) >= 11 is 0. The molecule has 1 N–H and O–H groups in total. The minimum atomic E-state index is 0.660. The first kappa shape index (κ1) is 16.6. The van der Waals surface area contributed by atoms with E-state index in [0.29, 0.717) is 5.92 Å². The van der Waals surface area contributed by atoms with Crippen molar-refractivity contribution < 1.29 is 4.74 Å². The first-order valence-electron chi connectivity index (χ1n) is 8.67. The minimum Gasteiger partial charge on any atom is -0.384 e. The van der Waals surface area contributed by atoms with E-state index < -0.39 is 0 Å². The molecule has 3 atom stereocenters. The molecule has 2 fully saturated rings. The summed E-state index contributed by atoms with van der Waals surface area (Å²) in [4.78, 5) is 6.83. The average Bonchev–Trinajstić information content (AvgIpc) is 2.92. The van der Waals surface area contributed by atoms with Crippen LogP contribution in [0.3, 0.4) is 0 Å². The third kappa shape index (κ3) is 5.17. The van der Waals surface area contributed by atoms with E-state index in [9.17, 15) is 0 Å². The maximum atomic E-state index is 5.27. The predicted molar refractivity (Wildman–Crippen MR) is 88.7 cm³/mol. The Bertz CT molecular complexity index is 332. The number of likely N-dealkylation sites (tertiary alicyclic amines) is 1. The zero-order valence-corrected chi connectivity index (χ0v) is 14.1. The number of methoxy groups -OCH3 is 1. The molecule has 0 aromatic heterocycles. The van der Waals surface area contributed by atoms with Gasteiger partial charge >= 0.3 is 0 Å². The van der Waals surface area contributed by atoms with Gasteiger partial charge in [-0.2, -0.15) is 0 Å². The Kier molecular flexibility index (Phi) is 6.81. The highest BCUT2D eigenvalue weighted by Crippen LogP contribution is 2.30. The van der Waals surface area contributed by atoms with Gasteiger partial charge in [0.05, 0.1) is 6.61 Å². The van der Waals surface area contributed by atoms with E-state index >= 15 is 0 Å². The number of ether oxygens (including phenoxy) is 1. The van der Waals surface area contributed by atoms with Crippen molar-refractivity contribution in [2.75, 3.05) is 40.4 Å². The fourth-order valence-electron chi connectivity index (χ4n) is 3.94. The van der Waals surface area contributed by atoms with Crippen LogP contribution in [-0.2, 0) is 4.74 Å². The van der Waals surface area contributed by atoms with Crippen molar-refractivity contribution in [3.05, 3.63) is 0 Å². The second kappa shape index (κ2) is 8.62. The molecule has 1 aliphatic heterocycles. The van der Waals surface area contributed by atoms with Crippen molar-refractivity contribution in [3.63, 3.8) is 0 Å². The van der Waals surface area contributed by atoms with Crippen LogP contribution in [0.4, 0.5) is 0 Å². The van der Waals surface area contributed by atoms with E-state index in [1.807, 2.05) is 7.05 Å². The fourth-order valence-corrected chi connectivity index (χ4v) is 3.94. The van der Waals surface area contributed by atoms with Crippen LogP contribution < -0.4 is 5.32 Å². The number of guanidine groups is 1. The van der Waals surface area contributed by atoms with E-state index in [-0.39, 0.29) is 0 Å². The van der Waals surface area contributed by atoms with Crippen LogP contribution in [0, 0.1) is 17.8 Å². The van der Waals surface area contributed by atoms with Crippen LogP contribution in [0.5, 0.6) is 0 Å². The van der Waals surface area contributed by atoms with Crippen LogP contribution in [-0.4, -0.2) is 51.3 Å². The summed E-state index contributed by atoms with van der Waals surface area (Å²) in [5.41, 5.74) is 0. The summed E-state index contributed by atoms with van der Waals surface area (Å²) in [5.74, 6) is 3.58. The third-order valence-corrected chi connectivity index (χ3v) is 5.08. The van der Waals surface area contributed by atoms with E-state index in [4.69, 9.17) is 4.74 Å². The van der Waals surface area contributed by atoms with Gasteiger partial charge in [0.15, 0.2) is 5.96 Å². The maximum Gasteiger partial charge on any atom is 0.193 e. The highest BCUT2D eigenvalue weighted by Gasteiger charge is 2.25. The normalized spacial score (nSPS) is 30.7. The van der Waals surface area contributed by atoms with Gasteiger partial charge in [0.25, 0.3) is 0 Å². The molecule has 1 saturated heterocycles. The molecular formula is C17H33N3O. The summed E-state index contributed by atoms with van der Waals surface area (Å²) in [5, 5.41) is 3.57. The highest BCUT2D eigenvalue weighted by molar-refractivity contribution is 5.80. The van der Waals surface area contributed by atoms with Gasteiger partial charge in [-0.25, -0.2) is 0 Å². The van der Waals surface area contributed by atoms with Crippen molar-refractivity contribution in [2.45, 2.75) is 45.4 Å². The Balaban J connectivity index is 1.68. The van der Waals surface area contributed by atoms with Gasteiger partial charge in [0, 0.05) is 39.7 Å². The number of hydrogen-bond acceptors (Lipinski definition) is 2. The molecule has 0 amide bonds. The molecule has 0 spiro atoms. The van der Waals surface area contributed by atoms with Crippen molar-refractivity contribution >= 4 is 5.96 Å². The van der Waals surface area contributed by atoms with Crippen LogP contribution in [0.25, 0.3) is 0 Å². The Hall–Kier alpha value is -0.770. The molecule has 3 unspecified atom stereocenters. The number of nitrogens with one attached hydrogen (secondary N) is 1. The Morgan fingerprint density at radius 3 is 2.86 bits per heavy atom. The van der Waals surface area contributed by atoms with Gasteiger partial charge in [-0.3, -0.25) is 4.99 Å². The van der Waals surface area contributed by atoms with Crippen LogP contribution >= 0.6 is 0 Å². The number of nitrogens with zero attached hydrogens (tertiary/aromatic N) is 2. The second-order valence-electron chi connectivity index (χ2n) is 6.96. The summed E-state index contributed by atoms with van der Waals surface area (Å²) in [6.45, 7) is 6.52. The molecule has 21 heavy (non-hydrogen) atoms. The monoisotopic (exact) mass is 295 g/mol. The summed E-state index contributed by atoms with van der Waals surface area (Å²) in [6, 6.07) is 0. The molecule has 1 heterocycles. The molecule has 0 radical (unpaired) electrons. The molecule has 0 bridgehead atoms. The highest BCUT2D eigenvalue weighted by atomic mass is 16.5. The standard InChI is InChI=1S/C17H33N3O/c1-14-5-4-6-15(11-14)7-9-19-17(18-2)20-10-8-16(12-20)13-21-3/h14-16H,4-13H2,1-3H3,(H,18,19). The number of aliphatic imine (C=N–C) groups is 1. The molecule has 1 saturated carbocycles. The molecule has 2 aliphatic rings. The van der Waals surface area contributed by atoms with Crippen LogP contribution in [0.2, 0.25) is 0 Å². The van der Waals surface area contributed by atoms with Crippen molar-refractivity contribution in [1.29, 1.82) is 0 Å². The zero-order chi connectivity index (χ0) is 15.1. The first-order valence-corrected chi connectivity index (χ1v) is 8.67. The smallest absolute Gasteiger partial charge is 0.193 e. The van der Waals surface area contributed by atoms with Gasteiger partial charge in [-0.05, 0) is 31.1 Å². The summed E-state index contributed by atoms with van der Waals surface area (Å²) in [7, 11) is 3.69. The molecule has 4 nitrogen and oxygen atoms in total. The molecule has 2 rings (SSSR count). The Morgan fingerprint density at radius 1 is 1.29 bits per heavy atom. The SMILES string of the molecule is CN=C(NCCC1CCCC(C)C1)N1CCC(COC)C1. The van der Waals surface area contributed by atoms with Crippen LogP contribution in [0.15, 0.2) is 4.99 Å². The van der Waals surface area contributed by atoms with Gasteiger partial charge in [0.2, 0.25) is 0 Å². The summed E-state index contributed by atoms with van der Waals surface area (Å²) < 4.78 is 5.27. The topological polar surface area (TPSA) is 36.9 Å². The molecular weight excluding hydrogens is 262 g/mol. The maximum absolute atomic E-state index is 5.27.